The van der Waals surface area contributed by atoms with Crippen LogP contribution in [-0.4, -0.2) is 60.9 Å². The minimum absolute atomic E-state index is 0.240. The highest BCUT2D eigenvalue weighted by molar-refractivity contribution is 6.45. The number of hydrogen-bond acceptors (Lipinski definition) is 5. The van der Waals surface area contributed by atoms with Crippen LogP contribution in [0.25, 0.3) is 5.57 Å². The van der Waals surface area contributed by atoms with Gasteiger partial charge in [0.05, 0.1) is 17.9 Å². The Labute approximate surface area is 196 Å². The molecular formula is C27H33N3O3. The van der Waals surface area contributed by atoms with Gasteiger partial charge in [0, 0.05) is 26.2 Å². The Bertz CT molecular complexity index is 1020. The first-order chi connectivity index (χ1) is 16.1. The Morgan fingerprint density at radius 3 is 2.06 bits per heavy atom. The maximum Gasteiger partial charge on any atom is 0.282 e. The zero-order chi connectivity index (χ0) is 23.4. The Kier molecular flexibility index (Phi) is 7.14. The van der Waals surface area contributed by atoms with E-state index in [-0.39, 0.29) is 11.8 Å². The summed E-state index contributed by atoms with van der Waals surface area (Å²) in [5.74, 6) is 0.262. The quantitative estimate of drug-likeness (QED) is 0.574. The van der Waals surface area contributed by atoms with Crippen LogP contribution in [0.5, 0.6) is 5.75 Å². The molecule has 2 heterocycles. The number of aryl methyl sites for hydroxylation is 1. The fourth-order valence-electron chi connectivity index (χ4n) is 4.41. The van der Waals surface area contributed by atoms with Crippen LogP contribution in [0.2, 0.25) is 0 Å². The van der Waals surface area contributed by atoms with Gasteiger partial charge in [-0.25, -0.2) is 4.90 Å². The van der Waals surface area contributed by atoms with E-state index >= 15 is 0 Å². The summed E-state index contributed by atoms with van der Waals surface area (Å²) in [6, 6.07) is 15.2. The molecule has 1 saturated heterocycles. The van der Waals surface area contributed by atoms with E-state index in [1.54, 1.807) is 0 Å². The van der Waals surface area contributed by atoms with Gasteiger partial charge in [0.1, 0.15) is 11.4 Å². The van der Waals surface area contributed by atoms with Crippen molar-refractivity contribution >= 4 is 23.1 Å². The summed E-state index contributed by atoms with van der Waals surface area (Å²) in [4.78, 5) is 33.1. The number of imide groups is 1. The lowest BCUT2D eigenvalue weighted by atomic mass is 10.0. The van der Waals surface area contributed by atoms with Gasteiger partial charge >= 0.3 is 0 Å². The minimum Gasteiger partial charge on any atom is -0.494 e. The molecule has 174 valence electrons. The van der Waals surface area contributed by atoms with Crippen molar-refractivity contribution in [1.82, 2.24) is 9.80 Å². The second kappa shape index (κ2) is 10.2. The number of rotatable bonds is 8. The number of nitrogens with zero attached hydrogens (tertiary/aromatic N) is 3. The monoisotopic (exact) mass is 447 g/mol. The van der Waals surface area contributed by atoms with Gasteiger partial charge < -0.3 is 14.5 Å². The van der Waals surface area contributed by atoms with E-state index in [1.807, 2.05) is 48.5 Å². The summed E-state index contributed by atoms with van der Waals surface area (Å²) in [5, 5.41) is 0. The molecule has 6 heteroatoms. The van der Waals surface area contributed by atoms with Crippen molar-refractivity contribution in [3.63, 3.8) is 0 Å². The topological polar surface area (TPSA) is 53.1 Å². The third-order valence-corrected chi connectivity index (χ3v) is 6.41. The lowest BCUT2D eigenvalue weighted by Gasteiger charge is -2.36. The Hall–Kier alpha value is -3.12. The lowest BCUT2D eigenvalue weighted by Crippen LogP contribution is -2.47. The summed E-state index contributed by atoms with van der Waals surface area (Å²) in [6.07, 6.45) is 1.84. The molecule has 2 aromatic carbocycles. The second-order valence-electron chi connectivity index (χ2n) is 8.48. The molecule has 0 aromatic heterocycles. The summed E-state index contributed by atoms with van der Waals surface area (Å²) >= 11 is 0. The van der Waals surface area contributed by atoms with Crippen LogP contribution in [0.1, 0.15) is 38.3 Å². The molecule has 0 saturated carbocycles. The van der Waals surface area contributed by atoms with Gasteiger partial charge in [-0.15, -0.1) is 0 Å². The standard InChI is InChI=1S/C27H33N3O3/c1-4-19-33-23-13-9-21(10-14-23)24-25(29-17-15-28(6-3)16-18-29)27(32)30(26(24)31)22-11-7-20(5-2)8-12-22/h7-14H,4-6,15-19H2,1-3H3. The number of benzene rings is 2. The fraction of sp³-hybridized carbons (Fsp3) is 0.407. The van der Waals surface area contributed by atoms with Crippen molar-refractivity contribution in [2.75, 3.05) is 44.2 Å². The number of carbonyl (C=O) groups is 2. The minimum atomic E-state index is -0.264. The molecule has 0 bridgehead atoms. The molecule has 1 fully saturated rings. The number of piperazine rings is 1. The van der Waals surface area contributed by atoms with E-state index in [2.05, 4.69) is 30.6 Å². The molecule has 2 aliphatic heterocycles. The second-order valence-corrected chi connectivity index (χ2v) is 8.48. The molecule has 0 unspecified atom stereocenters. The van der Waals surface area contributed by atoms with Gasteiger partial charge in [-0.2, -0.15) is 0 Å². The zero-order valence-electron chi connectivity index (χ0n) is 19.8. The largest absolute Gasteiger partial charge is 0.494 e. The molecule has 0 N–H and O–H groups in total. The number of ether oxygens (including phenoxy) is 1. The van der Waals surface area contributed by atoms with Crippen LogP contribution in [0.4, 0.5) is 5.69 Å². The molecule has 2 amide bonds. The van der Waals surface area contributed by atoms with Crippen molar-refractivity contribution in [2.24, 2.45) is 0 Å². The SMILES string of the molecule is CCCOc1ccc(C2=C(N3CCN(CC)CC3)C(=O)N(c3ccc(CC)cc3)C2=O)cc1. The van der Waals surface area contributed by atoms with Gasteiger partial charge in [0.15, 0.2) is 0 Å². The van der Waals surface area contributed by atoms with Crippen LogP contribution >= 0.6 is 0 Å². The summed E-state index contributed by atoms with van der Waals surface area (Å²) in [5.41, 5.74) is 3.52. The average molecular weight is 448 g/mol. The van der Waals surface area contributed by atoms with Crippen molar-refractivity contribution in [3.05, 3.63) is 65.4 Å². The molecule has 33 heavy (non-hydrogen) atoms. The Morgan fingerprint density at radius 1 is 0.818 bits per heavy atom. The smallest absolute Gasteiger partial charge is 0.282 e. The summed E-state index contributed by atoms with van der Waals surface area (Å²) in [7, 11) is 0. The van der Waals surface area contributed by atoms with Crippen LogP contribution in [0, 0.1) is 0 Å². The highest BCUT2D eigenvalue weighted by atomic mass is 16.5. The molecule has 0 atom stereocenters. The Morgan fingerprint density at radius 2 is 1.48 bits per heavy atom. The Balaban J connectivity index is 1.71. The van der Waals surface area contributed by atoms with E-state index < -0.39 is 0 Å². The van der Waals surface area contributed by atoms with Crippen LogP contribution < -0.4 is 9.64 Å². The summed E-state index contributed by atoms with van der Waals surface area (Å²) in [6.45, 7) is 11.1. The maximum atomic E-state index is 13.7. The molecule has 0 aliphatic carbocycles. The molecule has 6 nitrogen and oxygen atoms in total. The van der Waals surface area contributed by atoms with Crippen LogP contribution in [0.3, 0.4) is 0 Å². The first kappa shape index (κ1) is 23.1. The average Bonchev–Trinajstić information content (AvgIpc) is 3.13. The highest BCUT2D eigenvalue weighted by Gasteiger charge is 2.43. The van der Waals surface area contributed by atoms with Crippen molar-refractivity contribution in [1.29, 1.82) is 0 Å². The fourth-order valence-corrected chi connectivity index (χ4v) is 4.41. The molecule has 2 aromatic rings. The molecule has 2 aliphatic rings. The van der Waals surface area contributed by atoms with Gasteiger partial charge in [-0.1, -0.05) is 45.0 Å². The first-order valence-corrected chi connectivity index (χ1v) is 12.0. The van der Waals surface area contributed by atoms with Crippen molar-refractivity contribution in [3.8, 4) is 5.75 Å². The normalized spacial score (nSPS) is 17.3. The van der Waals surface area contributed by atoms with Gasteiger partial charge in [0.2, 0.25) is 0 Å². The van der Waals surface area contributed by atoms with Gasteiger partial charge in [-0.05, 0) is 54.8 Å². The van der Waals surface area contributed by atoms with Gasteiger partial charge in [-0.3, -0.25) is 9.59 Å². The molecule has 0 radical (unpaired) electrons. The predicted molar refractivity (Wildman–Crippen MR) is 131 cm³/mol. The molecular weight excluding hydrogens is 414 g/mol. The summed E-state index contributed by atoms with van der Waals surface area (Å²) < 4.78 is 5.71. The third-order valence-electron chi connectivity index (χ3n) is 6.41. The van der Waals surface area contributed by atoms with E-state index in [1.165, 1.54) is 10.5 Å². The maximum absolute atomic E-state index is 13.7. The number of carbonyl (C=O) groups excluding carboxylic acids is 2. The van der Waals surface area contributed by atoms with Crippen LogP contribution in [-0.2, 0) is 16.0 Å². The van der Waals surface area contributed by atoms with Crippen molar-refractivity contribution < 1.29 is 14.3 Å². The van der Waals surface area contributed by atoms with Crippen LogP contribution in [0.15, 0.2) is 54.2 Å². The molecule has 4 rings (SSSR count). The number of amides is 2. The third kappa shape index (κ3) is 4.67. The van der Waals surface area contributed by atoms with E-state index in [0.29, 0.717) is 23.6 Å². The number of likely N-dealkylation sites (N-methyl/N-ethyl adjacent to an activating group) is 1. The molecule has 0 spiro atoms. The lowest BCUT2D eigenvalue weighted by molar-refractivity contribution is -0.120. The van der Waals surface area contributed by atoms with E-state index in [0.717, 1.165) is 56.9 Å². The predicted octanol–water partition coefficient (Wildman–Crippen LogP) is 3.96. The zero-order valence-corrected chi connectivity index (χ0v) is 19.8. The highest BCUT2D eigenvalue weighted by Crippen LogP contribution is 2.35. The number of anilines is 1. The first-order valence-electron chi connectivity index (χ1n) is 12.0. The van der Waals surface area contributed by atoms with Crippen molar-refractivity contribution in [2.45, 2.75) is 33.6 Å². The van der Waals surface area contributed by atoms with E-state index in [9.17, 15) is 9.59 Å². The van der Waals surface area contributed by atoms with E-state index in [4.69, 9.17) is 4.74 Å². The number of hydrogen-bond donors (Lipinski definition) is 0. The van der Waals surface area contributed by atoms with Gasteiger partial charge in [0.25, 0.3) is 11.8 Å².